The number of hydrogen-bond donors (Lipinski definition) is 1. The van der Waals surface area contributed by atoms with Gasteiger partial charge in [0.1, 0.15) is 0 Å². The highest BCUT2D eigenvalue weighted by molar-refractivity contribution is 7.89. The molecule has 0 heterocycles. The van der Waals surface area contributed by atoms with E-state index in [9.17, 15) is 8.42 Å². The molecular formula is C12H19NO2S. The first kappa shape index (κ1) is 13.2. The van der Waals surface area contributed by atoms with Crippen molar-refractivity contribution >= 4 is 10.0 Å². The zero-order chi connectivity index (χ0) is 12.3. The van der Waals surface area contributed by atoms with Crippen molar-refractivity contribution in [1.82, 2.24) is 4.72 Å². The van der Waals surface area contributed by atoms with E-state index in [0.29, 0.717) is 10.8 Å². The number of sulfonamides is 1. The van der Waals surface area contributed by atoms with Gasteiger partial charge in [-0.1, -0.05) is 26.0 Å². The minimum absolute atomic E-state index is 0.0882. The summed E-state index contributed by atoms with van der Waals surface area (Å²) in [5.41, 5.74) is 1.14. The smallest absolute Gasteiger partial charge is 0.209 e. The van der Waals surface area contributed by atoms with Crippen molar-refractivity contribution in [2.75, 3.05) is 0 Å². The first-order valence-corrected chi connectivity index (χ1v) is 6.93. The van der Waals surface area contributed by atoms with E-state index in [4.69, 9.17) is 0 Å². The maximum atomic E-state index is 11.8. The number of hydrogen-bond acceptors (Lipinski definition) is 2. The summed E-state index contributed by atoms with van der Waals surface area (Å²) in [6.45, 7) is 7.77. The lowest BCUT2D eigenvalue weighted by atomic mass is 10.0. The lowest BCUT2D eigenvalue weighted by Gasteiger charge is -2.10. The molecule has 0 aliphatic carbocycles. The van der Waals surface area contributed by atoms with Crippen molar-refractivity contribution in [1.29, 1.82) is 0 Å². The monoisotopic (exact) mass is 241 g/mol. The normalized spacial score (nSPS) is 12.4. The van der Waals surface area contributed by atoms with Crippen LogP contribution in [-0.4, -0.2) is 14.5 Å². The van der Waals surface area contributed by atoms with Crippen LogP contribution in [0, 0.1) is 0 Å². The van der Waals surface area contributed by atoms with Gasteiger partial charge >= 0.3 is 0 Å². The summed E-state index contributed by atoms with van der Waals surface area (Å²) in [5, 5.41) is 0. The molecule has 0 aliphatic rings. The van der Waals surface area contributed by atoms with Crippen LogP contribution in [0.3, 0.4) is 0 Å². The first-order chi connectivity index (χ1) is 7.33. The van der Waals surface area contributed by atoms with Crippen LogP contribution in [0.1, 0.15) is 39.2 Å². The van der Waals surface area contributed by atoms with Crippen molar-refractivity contribution in [3.8, 4) is 0 Å². The molecule has 4 heteroatoms. The summed E-state index contributed by atoms with van der Waals surface area (Å²) in [5.74, 6) is 0.412. The molecule has 1 aromatic carbocycles. The average Bonchev–Trinajstić information content (AvgIpc) is 2.16. The maximum Gasteiger partial charge on any atom is 0.240 e. The van der Waals surface area contributed by atoms with Crippen LogP contribution in [-0.2, 0) is 10.0 Å². The largest absolute Gasteiger partial charge is 0.240 e. The van der Waals surface area contributed by atoms with E-state index in [2.05, 4.69) is 18.6 Å². The number of rotatable bonds is 4. The molecule has 0 aromatic heterocycles. The highest BCUT2D eigenvalue weighted by Gasteiger charge is 2.14. The Morgan fingerprint density at radius 2 is 1.50 bits per heavy atom. The van der Waals surface area contributed by atoms with Gasteiger partial charge < -0.3 is 0 Å². The predicted molar refractivity (Wildman–Crippen MR) is 66.0 cm³/mol. The Morgan fingerprint density at radius 1 is 1.00 bits per heavy atom. The Bertz CT molecular complexity index is 433. The number of nitrogens with one attached hydrogen (secondary N) is 1. The van der Waals surface area contributed by atoms with Gasteiger partial charge in [-0.3, -0.25) is 0 Å². The molecule has 0 aliphatic heterocycles. The molecule has 1 aromatic rings. The van der Waals surface area contributed by atoms with Gasteiger partial charge in [0.2, 0.25) is 10.0 Å². The molecule has 0 saturated heterocycles. The topological polar surface area (TPSA) is 46.2 Å². The molecule has 3 nitrogen and oxygen atoms in total. The fourth-order valence-electron chi connectivity index (χ4n) is 1.41. The lowest BCUT2D eigenvalue weighted by molar-refractivity contribution is 0.570. The van der Waals surface area contributed by atoms with E-state index in [-0.39, 0.29) is 6.04 Å². The Balaban J connectivity index is 2.98. The van der Waals surface area contributed by atoms with Crippen LogP contribution in [0.2, 0.25) is 0 Å². The summed E-state index contributed by atoms with van der Waals surface area (Å²) in [4.78, 5) is 0.325. The fourth-order valence-corrected chi connectivity index (χ4v) is 2.66. The second-order valence-corrected chi connectivity index (χ2v) is 6.21. The van der Waals surface area contributed by atoms with Gasteiger partial charge in [-0.05, 0) is 37.5 Å². The standard InChI is InChI=1S/C12H19NO2S/c1-9(2)11-5-7-12(8-6-11)16(14,15)13-10(3)4/h5-10,13H,1-4H3. The Kier molecular flexibility index (Phi) is 4.10. The van der Waals surface area contributed by atoms with Crippen LogP contribution in [0.4, 0.5) is 0 Å². The van der Waals surface area contributed by atoms with Gasteiger partial charge in [0.15, 0.2) is 0 Å². The maximum absolute atomic E-state index is 11.8. The molecule has 0 fully saturated rings. The van der Waals surface area contributed by atoms with E-state index in [1.165, 1.54) is 0 Å². The molecule has 0 saturated carbocycles. The molecule has 0 amide bonds. The Hall–Kier alpha value is -0.870. The van der Waals surface area contributed by atoms with Crippen LogP contribution >= 0.6 is 0 Å². The van der Waals surface area contributed by atoms with Crippen LogP contribution in [0.15, 0.2) is 29.2 Å². The second kappa shape index (κ2) is 4.97. The summed E-state index contributed by atoms with van der Waals surface area (Å²) < 4.78 is 26.2. The van der Waals surface area contributed by atoms with Gasteiger partial charge in [-0.25, -0.2) is 13.1 Å². The Labute approximate surface area is 97.9 Å². The summed E-state index contributed by atoms with van der Waals surface area (Å²) in [6.07, 6.45) is 0. The van der Waals surface area contributed by atoms with Crippen LogP contribution < -0.4 is 4.72 Å². The molecular weight excluding hydrogens is 222 g/mol. The SMILES string of the molecule is CC(C)NS(=O)(=O)c1ccc(C(C)C)cc1. The highest BCUT2D eigenvalue weighted by Crippen LogP contribution is 2.17. The third kappa shape index (κ3) is 3.32. The third-order valence-corrected chi connectivity index (χ3v) is 3.92. The van der Waals surface area contributed by atoms with Crippen molar-refractivity contribution < 1.29 is 8.42 Å². The number of benzene rings is 1. The molecule has 0 bridgehead atoms. The van der Waals surface area contributed by atoms with Gasteiger partial charge in [-0.15, -0.1) is 0 Å². The second-order valence-electron chi connectivity index (χ2n) is 4.50. The summed E-state index contributed by atoms with van der Waals surface area (Å²) in [7, 11) is -3.35. The molecule has 16 heavy (non-hydrogen) atoms. The average molecular weight is 241 g/mol. The first-order valence-electron chi connectivity index (χ1n) is 5.45. The van der Waals surface area contributed by atoms with E-state index in [0.717, 1.165) is 5.56 Å². The molecule has 0 atom stereocenters. The van der Waals surface area contributed by atoms with Gasteiger partial charge in [-0.2, -0.15) is 0 Å². The van der Waals surface area contributed by atoms with Crippen LogP contribution in [0.25, 0.3) is 0 Å². The predicted octanol–water partition coefficient (Wildman–Crippen LogP) is 2.50. The van der Waals surface area contributed by atoms with Crippen molar-refractivity contribution in [2.45, 2.75) is 44.6 Å². The molecule has 1 rings (SSSR count). The summed E-state index contributed by atoms with van der Waals surface area (Å²) >= 11 is 0. The van der Waals surface area contributed by atoms with Gasteiger partial charge in [0.05, 0.1) is 4.90 Å². The molecule has 0 radical (unpaired) electrons. The third-order valence-electron chi connectivity index (χ3n) is 2.25. The molecule has 1 N–H and O–H groups in total. The zero-order valence-corrected chi connectivity index (χ0v) is 11.0. The lowest BCUT2D eigenvalue weighted by Crippen LogP contribution is -2.30. The van der Waals surface area contributed by atoms with Crippen LogP contribution in [0.5, 0.6) is 0 Å². The Morgan fingerprint density at radius 3 is 1.88 bits per heavy atom. The zero-order valence-electron chi connectivity index (χ0n) is 10.2. The van der Waals surface area contributed by atoms with Gasteiger partial charge in [0, 0.05) is 6.04 Å². The van der Waals surface area contributed by atoms with Crippen molar-refractivity contribution in [3.63, 3.8) is 0 Å². The van der Waals surface area contributed by atoms with E-state index in [1.54, 1.807) is 26.0 Å². The highest BCUT2D eigenvalue weighted by atomic mass is 32.2. The van der Waals surface area contributed by atoms with E-state index in [1.807, 2.05) is 12.1 Å². The quantitative estimate of drug-likeness (QED) is 0.880. The van der Waals surface area contributed by atoms with Crippen molar-refractivity contribution in [2.24, 2.45) is 0 Å². The van der Waals surface area contributed by atoms with Crippen molar-refractivity contribution in [3.05, 3.63) is 29.8 Å². The fraction of sp³-hybridized carbons (Fsp3) is 0.500. The van der Waals surface area contributed by atoms with E-state index < -0.39 is 10.0 Å². The molecule has 0 unspecified atom stereocenters. The molecule has 0 spiro atoms. The minimum Gasteiger partial charge on any atom is -0.209 e. The minimum atomic E-state index is -3.35. The summed E-state index contributed by atoms with van der Waals surface area (Å²) in [6, 6.07) is 6.94. The van der Waals surface area contributed by atoms with Gasteiger partial charge in [0.25, 0.3) is 0 Å². The van der Waals surface area contributed by atoms with E-state index >= 15 is 0 Å². The molecule has 90 valence electrons.